The van der Waals surface area contributed by atoms with Gasteiger partial charge < -0.3 is 10.1 Å². The first-order chi connectivity index (χ1) is 6.09. The Kier molecular flexibility index (Phi) is 3.00. The number of carbonyl (C=O) groups excluding carboxylic acids is 3. The lowest BCUT2D eigenvalue weighted by Gasteiger charge is -2.06. The Morgan fingerprint density at radius 1 is 1.62 bits per heavy atom. The Hall–Kier alpha value is -1.39. The summed E-state index contributed by atoms with van der Waals surface area (Å²) in [5, 5.41) is 2.43. The number of rotatable bonds is 3. The Bertz CT molecular complexity index is 249. The van der Waals surface area contributed by atoms with E-state index in [0.717, 1.165) is 0 Å². The molecule has 1 heterocycles. The SMILES string of the molecule is CC(=O)CC(=O)N[C@H]1CCOC1=O. The van der Waals surface area contributed by atoms with Gasteiger partial charge in [-0.05, 0) is 6.92 Å². The van der Waals surface area contributed by atoms with Gasteiger partial charge >= 0.3 is 5.97 Å². The van der Waals surface area contributed by atoms with E-state index in [0.29, 0.717) is 13.0 Å². The third-order valence-corrected chi connectivity index (χ3v) is 1.68. The minimum atomic E-state index is -0.563. The van der Waals surface area contributed by atoms with E-state index < -0.39 is 17.9 Å². The molecule has 0 bridgehead atoms. The second-order valence-electron chi connectivity index (χ2n) is 2.96. The largest absolute Gasteiger partial charge is 0.464 e. The van der Waals surface area contributed by atoms with E-state index in [1.807, 2.05) is 0 Å². The summed E-state index contributed by atoms with van der Waals surface area (Å²) in [5.74, 6) is -1.06. The number of hydrogen-bond acceptors (Lipinski definition) is 4. The molecule has 0 aromatic carbocycles. The first-order valence-corrected chi connectivity index (χ1v) is 4.05. The highest BCUT2D eigenvalue weighted by atomic mass is 16.5. The van der Waals surface area contributed by atoms with Gasteiger partial charge in [-0.3, -0.25) is 9.59 Å². The molecule has 0 aromatic heterocycles. The first kappa shape index (κ1) is 9.70. The molecule has 0 aromatic rings. The molecule has 5 nitrogen and oxygen atoms in total. The number of ether oxygens (including phenoxy) is 1. The molecule has 0 unspecified atom stereocenters. The van der Waals surface area contributed by atoms with Crippen molar-refractivity contribution >= 4 is 17.7 Å². The topological polar surface area (TPSA) is 72.5 Å². The molecule has 0 spiro atoms. The average molecular weight is 185 g/mol. The van der Waals surface area contributed by atoms with E-state index in [1.165, 1.54) is 6.92 Å². The lowest BCUT2D eigenvalue weighted by Crippen LogP contribution is -2.38. The van der Waals surface area contributed by atoms with E-state index in [2.05, 4.69) is 10.1 Å². The van der Waals surface area contributed by atoms with Crippen molar-refractivity contribution in [2.24, 2.45) is 0 Å². The molecule has 13 heavy (non-hydrogen) atoms. The molecule has 0 aliphatic carbocycles. The third-order valence-electron chi connectivity index (χ3n) is 1.68. The number of nitrogens with one attached hydrogen (secondary N) is 1. The van der Waals surface area contributed by atoms with Crippen LogP contribution in [0.15, 0.2) is 0 Å². The normalized spacial score (nSPS) is 21.0. The number of hydrogen-bond donors (Lipinski definition) is 1. The quantitative estimate of drug-likeness (QED) is 0.470. The Morgan fingerprint density at radius 2 is 2.31 bits per heavy atom. The van der Waals surface area contributed by atoms with Crippen molar-refractivity contribution in [1.82, 2.24) is 5.32 Å². The molecular formula is C8H11NO4. The van der Waals surface area contributed by atoms with Crippen LogP contribution in [0, 0.1) is 0 Å². The Balaban J connectivity index is 2.35. The van der Waals surface area contributed by atoms with Crippen LogP contribution in [0.3, 0.4) is 0 Å². The van der Waals surface area contributed by atoms with E-state index in [4.69, 9.17) is 0 Å². The van der Waals surface area contributed by atoms with E-state index in [1.54, 1.807) is 0 Å². The van der Waals surface area contributed by atoms with Crippen molar-refractivity contribution in [2.75, 3.05) is 6.61 Å². The van der Waals surface area contributed by atoms with Crippen LogP contribution in [0.4, 0.5) is 0 Å². The summed E-state index contributed by atoms with van der Waals surface area (Å²) >= 11 is 0. The summed E-state index contributed by atoms with van der Waals surface area (Å²) < 4.78 is 4.63. The van der Waals surface area contributed by atoms with Crippen LogP contribution in [0.2, 0.25) is 0 Å². The van der Waals surface area contributed by atoms with Crippen molar-refractivity contribution in [1.29, 1.82) is 0 Å². The van der Waals surface area contributed by atoms with Gasteiger partial charge in [0.05, 0.1) is 13.0 Å². The van der Waals surface area contributed by atoms with Crippen LogP contribution in [0.1, 0.15) is 19.8 Å². The van der Waals surface area contributed by atoms with Crippen molar-refractivity contribution in [3.63, 3.8) is 0 Å². The van der Waals surface area contributed by atoms with Gasteiger partial charge in [0.25, 0.3) is 0 Å². The van der Waals surface area contributed by atoms with Crippen LogP contribution in [0.5, 0.6) is 0 Å². The number of esters is 1. The summed E-state index contributed by atoms with van der Waals surface area (Å²) in [5.41, 5.74) is 0. The second-order valence-corrected chi connectivity index (χ2v) is 2.96. The zero-order valence-electron chi connectivity index (χ0n) is 7.33. The van der Waals surface area contributed by atoms with Crippen molar-refractivity contribution in [3.8, 4) is 0 Å². The van der Waals surface area contributed by atoms with E-state index in [9.17, 15) is 14.4 Å². The number of carbonyl (C=O) groups is 3. The highest BCUT2D eigenvalue weighted by Crippen LogP contribution is 2.05. The van der Waals surface area contributed by atoms with Gasteiger partial charge in [-0.25, -0.2) is 4.79 Å². The molecule has 1 saturated heterocycles. The zero-order valence-corrected chi connectivity index (χ0v) is 7.33. The molecule has 5 heteroatoms. The van der Waals surface area contributed by atoms with Crippen LogP contribution in [-0.2, 0) is 19.1 Å². The van der Waals surface area contributed by atoms with Crippen molar-refractivity contribution in [3.05, 3.63) is 0 Å². The summed E-state index contributed by atoms with van der Waals surface area (Å²) in [6, 6.07) is -0.563. The minimum Gasteiger partial charge on any atom is -0.464 e. The fraction of sp³-hybridized carbons (Fsp3) is 0.625. The molecule has 1 aliphatic rings. The van der Waals surface area contributed by atoms with E-state index >= 15 is 0 Å². The Labute approximate surface area is 75.4 Å². The number of cyclic esters (lactones) is 1. The lowest BCUT2D eigenvalue weighted by atomic mass is 10.2. The van der Waals surface area contributed by atoms with Gasteiger partial charge in [-0.1, -0.05) is 0 Å². The fourth-order valence-electron chi connectivity index (χ4n) is 1.10. The highest BCUT2D eigenvalue weighted by molar-refractivity contribution is 5.98. The number of Topliss-reactive ketones (excluding diaryl/α,β-unsaturated/α-hetero) is 1. The third kappa shape index (κ3) is 2.85. The predicted molar refractivity (Wildman–Crippen MR) is 42.8 cm³/mol. The van der Waals surface area contributed by atoms with Crippen molar-refractivity contribution < 1.29 is 19.1 Å². The molecule has 1 N–H and O–H groups in total. The van der Waals surface area contributed by atoms with Crippen LogP contribution in [0.25, 0.3) is 0 Å². The van der Waals surface area contributed by atoms with E-state index in [-0.39, 0.29) is 12.2 Å². The summed E-state index contributed by atoms with van der Waals surface area (Å²) in [4.78, 5) is 32.4. The van der Waals surface area contributed by atoms with Gasteiger partial charge in [-0.15, -0.1) is 0 Å². The molecule has 1 amide bonds. The van der Waals surface area contributed by atoms with Gasteiger partial charge in [-0.2, -0.15) is 0 Å². The molecule has 1 aliphatic heterocycles. The standard InChI is InChI=1S/C8H11NO4/c1-5(10)4-7(11)9-6-2-3-13-8(6)12/h6H,2-4H2,1H3,(H,9,11)/t6-/m0/s1. The Morgan fingerprint density at radius 3 is 2.77 bits per heavy atom. The van der Waals surface area contributed by atoms with Gasteiger partial charge in [0.15, 0.2) is 0 Å². The van der Waals surface area contributed by atoms with Gasteiger partial charge in [0.2, 0.25) is 5.91 Å². The van der Waals surface area contributed by atoms with Crippen LogP contribution in [-0.4, -0.2) is 30.3 Å². The fourth-order valence-corrected chi connectivity index (χ4v) is 1.10. The molecule has 0 saturated carbocycles. The predicted octanol–water partition coefficient (Wildman–Crippen LogP) is -0.603. The summed E-state index contributed by atoms with van der Waals surface area (Å²) in [6.07, 6.45) is 0.312. The minimum absolute atomic E-state index is 0.177. The summed E-state index contributed by atoms with van der Waals surface area (Å²) in [7, 11) is 0. The maximum absolute atomic E-state index is 11.0. The van der Waals surface area contributed by atoms with Gasteiger partial charge in [0, 0.05) is 6.42 Å². The average Bonchev–Trinajstić information content (AvgIpc) is 2.34. The zero-order chi connectivity index (χ0) is 9.84. The second kappa shape index (κ2) is 4.02. The maximum atomic E-state index is 11.0. The van der Waals surface area contributed by atoms with Gasteiger partial charge in [0.1, 0.15) is 11.8 Å². The molecule has 1 rings (SSSR count). The molecular weight excluding hydrogens is 174 g/mol. The highest BCUT2D eigenvalue weighted by Gasteiger charge is 2.27. The molecule has 72 valence electrons. The van der Waals surface area contributed by atoms with Crippen LogP contribution < -0.4 is 5.32 Å². The van der Waals surface area contributed by atoms with Crippen molar-refractivity contribution in [2.45, 2.75) is 25.8 Å². The lowest BCUT2D eigenvalue weighted by molar-refractivity contribution is -0.141. The smallest absolute Gasteiger partial charge is 0.328 e. The molecule has 0 radical (unpaired) electrons. The van der Waals surface area contributed by atoms with Crippen LogP contribution >= 0.6 is 0 Å². The maximum Gasteiger partial charge on any atom is 0.328 e. The number of amides is 1. The number of ketones is 1. The molecule has 1 fully saturated rings. The first-order valence-electron chi connectivity index (χ1n) is 4.05. The summed E-state index contributed by atoms with van der Waals surface area (Å²) in [6.45, 7) is 1.66. The molecule has 1 atom stereocenters. The monoisotopic (exact) mass is 185 g/mol.